The second-order valence-electron chi connectivity index (χ2n) is 4.26. The van der Waals surface area contributed by atoms with Crippen LogP contribution in [0.5, 0.6) is 0 Å². The summed E-state index contributed by atoms with van der Waals surface area (Å²) in [5.41, 5.74) is 1.16. The predicted molar refractivity (Wildman–Crippen MR) is 74.4 cm³/mol. The van der Waals surface area contributed by atoms with Gasteiger partial charge in [-0.05, 0) is 45.8 Å². The standard InChI is InChI=1S/C15H10BrFO2/c16-11-6-5-10(7-12(11)17)15(18)14-8-9-3-1-2-4-13(9)19-14/h1-8,15,18H. The third kappa shape index (κ3) is 2.29. The van der Waals surface area contributed by atoms with Gasteiger partial charge < -0.3 is 9.52 Å². The van der Waals surface area contributed by atoms with Crippen molar-refractivity contribution in [2.75, 3.05) is 0 Å². The molecule has 0 aliphatic carbocycles. The number of aliphatic hydroxyl groups excluding tert-OH is 1. The first-order chi connectivity index (χ1) is 9.15. The minimum atomic E-state index is -0.977. The molecule has 1 aromatic heterocycles. The van der Waals surface area contributed by atoms with Crippen LogP contribution in [0.4, 0.5) is 4.39 Å². The lowest BCUT2D eigenvalue weighted by atomic mass is 10.1. The zero-order valence-corrected chi connectivity index (χ0v) is 11.4. The maximum atomic E-state index is 13.5. The highest BCUT2D eigenvalue weighted by atomic mass is 79.9. The van der Waals surface area contributed by atoms with Gasteiger partial charge >= 0.3 is 0 Å². The fourth-order valence-electron chi connectivity index (χ4n) is 1.98. The van der Waals surface area contributed by atoms with E-state index >= 15 is 0 Å². The fourth-order valence-corrected chi connectivity index (χ4v) is 2.23. The summed E-state index contributed by atoms with van der Waals surface area (Å²) < 4.78 is 19.4. The molecule has 0 bridgehead atoms. The lowest BCUT2D eigenvalue weighted by Crippen LogP contribution is -1.98. The second kappa shape index (κ2) is 4.79. The molecule has 2 aromatic carbocycles. The second-order valence-corrected chi connectivity index (χ2v) is 5.12. The average Bonchev–Trinajstić information content (AvgIpc) is 2.85. The fraction of sp³-hybridized carbons (Fsp3) is 0.0667. The van der Waals surface area contributed by atoms with E-state index in [2.05, 4.69) is 15.9 Å². The Hall–Kier alpha value is -1.65. The summed E-state index contributed by atoms with van der Waals surface area (Å²) in [7, 11) is 0. The highest BCUT2D eigenvalue weighted by Gasteiger charge is 2.16. The molecule has 0 amide bonds. The number of hydrogen-bond acceptors (Lipinski definition) is 2. The Morgan fingerprint density at radius 1 is 1.11 bits per heavy atom. The van der Waals surface area contributed by atoms with Crippen molar-refractivity contribution in [1.29, 1.82) is 0 Å². The molecular weight excluding hydrogens is 311 g/mol. The molecule has 4 heteroatoms. The summed E-state index contributed by atoms with van der Waals surface area (Å²) in [6.45, 7) is 0. The van der Waals surface area contributed by atoms with Crippen molar-refractivity contribution in [1.82, 2.24) is 0 Å². The van der Waals surface area contributed by atoms with Gasteiger partial charge in [0.2, 0.25) is 0 Å². The minimum absolute atomic E-state index is 0.369. The zero-order valence-electron chi connectivity index (χ0n) is 9.81. The van der Waals surface area contributed by atoms with Crippen molar-refractivity contribution in [2.45, 2.75) is 6.10 Å². The summed E-state index contributed by atoms with van der Waals surface area (Å²) >= 11 is 3.08. The van der Waals surface area contributed by atoms with E-state index in [4.69, 9.17) is 4.42 Å². The number of para-hydroxylation sites is 1. The number of furan rings is 1. The van der Waals surface area contributed by atoms with E-state index in [0.717, 1.165) is 5.39 Å². The molecule has 1 heterocycles. The smallest absolute Gasteiger partial charge is 0.138 e. The van der Waals surface area contributed by atoms with Gasteiger partial charge in [-0.15, -0.1) is 0 Å². The highest BCUT2D eigenvalue weighted by Crippen LogP contribution is 2.29. The molecule has 96 valence electrons. The number of halogens is 2. The summed E-state index contributed by atoms with van der Waals surface area (Å²) in [5.74, 6) is -0.00409. The van der Waals surface area contributed by atoms with Crippen molar-refractivity contribution in [3.63, 3.8) is 0 Å². The van der Waals surface area contributed by atoms with Crippen LogP contribution >= 0.6 is 15.9 Å². The minimum Gasteiger partial charge on any atom is -0.458 e. The van der Waals surface area contributed by atoms with Crippen molar-refractivity contribution in [3.05, 3.63) is 70.1 Å². The van der Waals surface area contributed by atoms with Crippen molar-refractivity contribution in [3.8, 4) is 0 Å². The largest absolute Gasteiger partial charge is 0.458 e. The summed E-state index contributed by atoms with van der Waals surface area (Å²) in [5, 5.41) is 11.1. The molecule has 2 nitrogen and oxygen atoms in total. The normalized spacial score (nSPS) is 12.8. The summed E-state index contributed by atoms with van der Waals surface area (Å²) in [6, 6.07) is 13.8. The average molecular weight is 321 g/mol. The highest BCUT2D eigenvalue weighted by molar-refractivity contribution is 9.10. The van der Waals surface area contributed by atoms with E-state index in [1.54, 1.807) is 18.2 Å². The van der Waals surface area contributed by atoms with Gasteiger partial charge in [-0.25, -0.2) is 4.39 Å². The van der Waals surface area contributed by atoms with E-state index in [1.165, 1.54) is 6.07 Å². The van der Waals surface area contributed by atoms with Crippen molar-refractivity contribution < 1.29 is 13.9 Å². The van der Waals surface area contributed by atoms with Gasteiger partial charge in [-0.1, -0.05) is 24.3 Å². The number of hydrogen-bond donors (Lipinski definition) is 1. The molecule has 0 saturated carbocycles. The quantitative estimate of drug-likeness (QED) is 0.758. The third-order valence-corrected chi connectivity index (χ3v) is 3.62. The molecule has 19 heavy (non-hydrogen) atoms. The number of aliphatic hydroxyl groups is 1. The molecule has 0 saturated heterocycles. The van der Waals surface area contributed by atoms with Gasteiger partial charge in [-0.2, -0.15) is 0 Å². The topological polar surface area (TPSA) is 33.4 Å². The molecule has 3 aromatic rings. The molecule has 0 spiro atoms. The Morgan fingerprint density at radius 2 is 1.89 bits per heavy atom. The summed E-state index contributed by atoms with van der Waals surface area (Å²) in [4.78, 5) is 0. The number of benzene rings is 2. The van der Waals surface area contributed by atoms with Gasteiger partial charge in [0.25, 0.3) is 0 Å². The monoisotopic (exact) mass is 320 g/mol. The molecule has 0 radical (unpaired) electrons. The Labute approximate surface area is 117 Å². The Morgan fingerprint density at radius 3 is 2.63 bits per heavy atom. The lowest BCUT2D eigenvalue weighted by Gasteiger charge is -2.08. The van der Waals surface area contributed by atoms with Crippen LogP contribution in [0.15, 0.2) is 57.4 Å². The van der Waals surface area contributed by atoms with Gasteiger partial charge in [0.05, 0.1) is 4.47 Å². The van der Waals surface area contributed by atoms with Gasteiger partial charge in [-0.3, -0.25) is 0 Å². The molecular formula is C15H10BrFO2. The molecule has 1 unspecified atom stereocenters. The zero-order chi connectivity index (χ0) is 13.4. The number of rotatable bonds is 2. The molecule has 1 atom stereocenters. The molecule has 0 aliphatic rings. The van der Waals surface area contributed by atoms with Crippen LogP contribution in [0, 0.1) is 5.82 Å². The first-order valence-corrected chi connectivity index (χ1v) is 6.56. The Kier molecular flexibility index (Phi) is 3.12. The first-order valence-electron chi connectivity index (χ1n) is 5.76. The van der Waals surface area contributed by atoms with Crippen LogP contribution in [0.25, 0.3) is 11.0 Å². The Balaban J connectivity index is 2.02. The predicted octanol–water partition coefficient (Wildman–Crippen LogP) is 4.42. The van der Waals surface area contributed by atoms with Crippen LogP contribution < -0.4 is 0 Å². The van der Waals surface area contributed by atoms with Crippen LogP contribution in [0.1, 0.15) is 17.4 Å². The summed E-state index contributed by atoms with van der Waals surface area (Å²) in [6.07, 6.45) is -0.977. The maximum Gasteiger partial charge on any atom is 0.138 e. The molecule has 0 fully saturated rings. The van der Waals surface area contributed by atoms with Gasteiger partial charge in [0, 0.05) is 5.39 Å². The van der Waals surface area contributed by atoms with E-state index in [9.17, 15) is 9.50 Å². The molecule has 0 aliphatic heterocycles. The molecule has 1 N–H and O–H groups in total. The van der Waals surface area contributed by atoms with Gasteiger partial charge in [0.15, 0.2) is 0 Å². The van der Waals surface area contributed by atoms with Crippen LogP contribution in [-0.2, 0) is 0 Å². The third-order valence-electron chi connectivity index (χ3n) is 2.97. The van der Waals surface area contributed by atoms with Crippen molar-refractivity contribution in [2.24, 2.45) is 0 Å². The van der Waals surface area contributed by atoms with Crippen molar-refractivity contribution >= 4 is 26.9 Å². The van der Waals surface area contributed by atoms with E-state index < -0.39 is 11.9 Å². The van der Waals surface area contributed by atoms with Crippen LogP contribution in [0.2, 0.25) is 0 Å². The SMILES string of the molecule is OC(c1ccc(Br)c(F)c1)c1cc2ccccc2o1. The van der Waals surface area contributed by atoms with Crippen LogP contribution in [0.3, 0.4) is 0 Å². The van der Waals surface area contributed by atoms with E-state index in [-0.39, 0.29) is 0 Å². The van der Waals surface area contributed by atoms with Gasteiger partial charge in [0.1, 0.15) is 23.3 Å². The van der Waals surface area contributed by atoms with E-state index in [0.29, 0.717) is 21.4 Å². The van der Waals surface area contributed by atoms with E-state index in [1.807, 2.05) is 24.3 Å². The number of fused-ring (bicyclic) bond motifs is 1. The Bertz CT molecular complexity index is 703. The lowest BCUT2D eigenvalue weighted by molar-refractivity contribution is 0.192. The first kappa shape index (κ1) is 12.4. The maximum absolute atomic E-state index is 13.5. The molecule has 3 rings (SSSR count). The van der Waals surface area contributed by atoms with Crippen LogP contribution in [-0.4, -0.2) is 5.11 Å².